The van der Waals surface area contributed by atoms with Crippen molar-refractivity contribution in [1.29, 1.82) is 0 Å². The highest BCUT2D eigenvalue weighted by atomic mass is 16.3. The lowest BCUT2D eigenvalue weighted by molar-refractivity contribution is 0.445. The number of rotatable bonds is 1. The summed E-state index contributed by atoms with van der Waals surface area (Å²) in [7, 11) is 0. The Hall–Kier alpha value is -0.720. The summed E-state index contributed by atoms with van der Waals surface area (Å²) >= 11 is 0. The maximum absolute atomic E-state index is 5.39. The average Bonchev–Trinajstić information content (AvgIpc) is 2.50. The predicted octanol–water partition coefficient (Wildman–Crippen LogP) is 3.11. The first-order valence-electron chi connectivity index (χ1n) is 4.48. The molecule has 2 rings (SSSR count). The normalized spacial score (nSPS) is 23.2. The lowest BCUT2D eigenvalue weighted by Gasteiger charge is -2.19. The van der Waals surface area contributed by atoms with E-state index in [2.05, 4.69) is 13.0 Å². The maximum atomic E-state index is 5.39. The third-order valence-corrected chi connectivity index (χ3v) is 2.67. The summed E-state index contributed by atoms with van der Waals surface area (Å²) in [5, 5.41) is 0. The van der Waals surface area contributed by atoms with E-state index in [4.69, 9.17) is 4.42 Å². The van der Waals surface area contributed by atoms with E-state index in [0.29, 0.717) is 0 Å². The molecule has 1 nitrogen and oxygen atoms in total. The highest BCUT2D eigenvalue weighted by molar-refractivity contribution is 5.24. The first-order chi connectivity index (χ1) is 5.42. The van der Waals surface area contributed by atoms with Crippen LogP contribution in [0.5, 0.6) is 0 Å². The van der Waals surface area contributed by atoms with E-state index >= 15 is 0 Å². The van der Waals surface area contributed by atoms with Gasteiger partial charge in [-0.05, 0) is 36.8 Å². The molecule has 1 aliphatic rings. The van der Waals surface area contributed by atoms with Crippen molar-refractivity contribution in [1.82, 2.24) is 0 Å². The molecule has 11 heavy (non-hydrogen) atoms. The second-order valence-corrected chi connectivity index (χ2v) is 3.30. The Balaban J connectivity index is 2.32. The third-order valence-electron chi connectivity index (χ3n) is 2.67. The number of aryl methyl sites for hydroxylation is 1. The Morgan fingerprint density at radius 3 is 3.36 bits per heavy atom. The van der Waals surface area contributed by atoms with Gasteiger partial charge in [-0.3, -0.25) is 0 Å². The molecule has 0 aromatic carbocycles. The highest BCUT2D eigenvalue weighted by Gasteiger charge is 2.20. The Morgan fingerprint density at radius 2 is 2.55 bits per heavy atom. The number of furan rings is 1. The standard InChI is InChI=1S/C10H14O/c1-2-8-4-3-5-10-9(8)6-7-11-10/h6-8H,2-5H2,1H3. The van der Waals surface area contributed by atoms with Crippen LogP contribution in [0, 0.1) is 0 Å². The fraction of sp³-hybridized carbons (Fsp3) is 0.600. The van der Waals surface area contributed by atoms with Gasteiger partial charge < -0.3 is 4.42 Å². The van der Waals surface area contributed by atoms with Crippen molar-refractivity contribution < 1.29 is 4.42 Å². The van der Waals surface area contributed by atoms with Crippen LogP contribution in [0.2, 0.25) is 0 Å². The van der Waals surface area contributed by atoms with Gasteiger partial charge in [0.1, 0.15) is 5.76 Å². The molecule has 0 spiro atoms. The molecule has 1 atom stereocenters. The van der Waals surface area contributed by atoms with Gasteiger partial charge in [0, 0.05) is 6.42 Å². The van der Waals surface area contributed by atoms with Crippen LogP contribution < -0.4 is 0 Å². The number of hydrogen-bond acceptors (Lipinski definition) is 1. The molecule has 1 unspecified atom stereocenters. The van der Waals surface area contributed by atoms with Gasteiger partial charge in [0.15, 0.2) is 0 Å². The molecule has 1 aromatic heterocycles. The van der Waals surface area contributed by atoms with E-state index in [1.54, 1.807) is 0 Å². The molecule has 1 heterocycles. The van der Waals surface area contributed by atoms with Gasteiger partial charge in [0.25, 0.3) is 0 Å². The Morgan fingerprint density at radius 1 is 1.64 bits per heavy atom. The fourth-order valence-corrected chi connectivity index (χ4v) is 2.01. The Bertz CT molecular complexity index is 237. The summed E-state index contributed by atoms with van der Waals surface area (Å²) in [4.78, 5) is 0. The van der Waals surface area contributed by atoms with Crippen LogP contribution in [0.1, 0.15) is 43.4 Å². The summed E-state index contributed by atoms with van der Waals surface area (Å²) in [6.07, 6.45) is 6.89. The molecule has 1 heteroatoms. The molecule has 0 amide bonds. The second-order valence-electron chi connectivity index (χ2n) is 3.30. The zero-order valence-electron chi connectivity index (χ0n) is 6.97. The second kappa shape index (κ2) is 2.72. The third kappa shape index (κ3) is 1.09. The fourth-order valence-electron chi connectivity index (χ4n) is 2.01. The molecule has 0 N–H and O–H groups in total. The SMILES string of the molecule is CCC1CCCc2occc21. The summed E-state index contributed by atoms with van der Waals surface area (Å²) in [6, 6.07) is 2.14. The van der Waals surface area contributed by atoms with Crippen LogP contribution in [-0.4, -0.2) is 0 Å². The van der Waals surface area contributed by atoms with E-state index in [0.717, 1.165) is 12.3 Å². The topological polar surface area (TPSA) is 13.1 Å². The van der Waals surface area contributed by atoms with Gasteiger partial charge in [-0.15, -0.1) is 0 Å². The van der Waals surface area contributed by atoms with Crippen molar-refractivity contribution in [2.45, 2.75) is 38.5 Å². The summed E-state index contributed by atoms with van der Waals surface area (Å²) in [6.45, 7) is 2.26. The van der Waals surface area contributed by atoms with Crippen LogP contribution in [0.3, 0.4) is 0 Å². The molecule has 0 radical (unpaired) electrons. The number of fused-ring (bicyclic) bond motifs is 1. The van der Waals surface area contributed by atoms with Crippen molar-refractivity contribution in [3.63, 3.8) is 0 Å². The first kappa shape index (κ1) is 6.96. The average molecular weight is 150 g/mol. The summed E-state index contributed by atoms with van der Waals surface area (Å²) < 4.78 is 5.39. The lowest BCUT2D eigenvalue weighted by atomic mass is 9.86. The predicted molar refractivity (Wildman–Crippen MR) is 44.7 cm³/mol. The molecule has 60 valence electrons. The van der Waals surface area contributed by atoms with Crippen LogP contribution in [0.15, 0.2) is 16.7 Å². The van der Waals surface area contributed by atoms with Crippen molar-refractivity contribution in [3.8, 4) is 0 Å². The maximum Gasteiger partial charge on any atom is 0.107 e. The molecular weight excluding hydrogens is 136 g/mol. The minimum Gasteiger partial charge on any atom is -0.469 e. The van der Waals surface area contributed by atoms with E-state index in [9.17, 15) is 0 Å². The molecule has 0 bridgehead atoms. The van der Waals surface area contributed by atoms with Gasteiger partial charge in [-0.2, -0.15) is 0 Å². The molecule has 0 saturated heterocycles. The van der Waals surface area contributed by atoms with Crippen LogP contribution in [-0.2, 0) is 6.42 Å². The minimum atomic E-state index is 0.775. The van der Waals surface area contributed by atoms with Crippen molar-refractivity contribution in [2.75, 3.05) is 0 Å². The lowest BCUT2D eigenvalue weighted by Crippen LogP contribution is -2.05. The molecule has 0 fully saturated rings. The molecule has 0 saturated carbocycles. The van der Waals surface area contributed by atoms with E-state index in [1.165, 1.54) is 30.6 Å². The van der Waals surface area contributed by atoms with Gasteiger partial charge in [-0.25, -0.2) is 0 Å². The molecule has 1 aliphatic carbocycles. The Kier molecular flexibility index (Phi) is 1.72. The van der Waals surface area contributed by atoms with Crippen molar-refractivity contribution in [2.24, 2.45) is 0 Å². The molecular formula is C10H14O. The van der Waals surface area contributed by atoms with Gasteiger partial charge >= 0.3 is 0 Å². The zero-order chi connectivity index (χ0) is 7.68. The monoisotopic (exact) mass is 150 g/mol. The van der Waals surface area contributed by atoms with E-state index in [-0.39, 0.29) is 0 Å². The highest BCUT2D eigenvalue weighted by Crippen LogP contribution is 2.34. The van der Waals surface area contributed by atoms with Crippen molar-refractivity contribution in [3.05, 3.63) is 23.7 Å². The smallest absolute Gasteiger partial charge is 0.107 e. The Labute approximate surface area is 67.4 Å². The van der Waals surface area contributed by atoms with Gasteiger partial charge in [-0.1, -0.05) is 6.92 Å². The summed E-state index contributed by atoms with van der Waals surface area (Å²) in [5.41, 5.74) is 1.47. The largest absolute Gasteiger partial charge is 0.469 e. The van der Waals surface area contributed by atoms with Crippen LogP contribution >= 0.6 is 0 Å². The van der Waals surface area contributed by atoms with Crippen LogP contribution in [0.4, 0.5) is 0 Å². The minimum absolute atomic E-state index is 0.775. The van der Waals surface area contributed by atoms with E-state index in [1.807, 2.05) is 6.26 Å². The molecule has 1 aromatic rings. The first-order valence-corrected chi connectivity index (χ1v) is 4.48. The summed E-state index contributed by atoms with van der Waals surface area (Å²) in [5.74, 6) is 2.01. The van der Waals surface area contributed by atoms with Crippen molar-refractivity contribution >= 4 is 0 Å². The van der Waals surface area contributed by atoms with Gasteiger partial charge in [0.2, 0.25) is 0 Å². The number of hydrogen-bond donors (Lipinski definition) is 0. The van der Waals surface area contributed by atoms with Crippen LogP contribution in [0.25, 0.3) is 0 Å². The molecule has 0 aliphatic heterocycles. The quantitative estimate of drug-likeness (QED) is 0.599. The zero-order valence-corrected chi connectivity index (χ0v) is 6.97. The van der Waals surface area contributed by atoms with E-state index < -0.39 is 0 Å². The van der Waals surface area contributed by atoms with Gasteiger partial charge in [0.05, 0.1) is 6.26 Å².